The number of halogens is 1. The first-order valence-electron chi connectivity index (χ1n) is 12.0. The number of guanidine groups is 1. The number of nitrogens with zero attached hydrogens (tertiary/aromatic N) is 2. The molecule has 0 aliphatic carbocycles. The van der Waals surface area contributed by atoms with E-state index in [9.17, 15) is 4.79 Å². The molecule has 2 heterocycles. The summed E-state index contributed by atoms with van der Waals surface area (Å²) < 4.78 is 11.6. The van der Waals surface area contributed by atoms with Crippen molar-refractivity contribution in [2.24, 2.45) is 10.9 Å². The first-order valence-corrected chi connectivity index (χ1v) is 12.0. The summed E-state index contributed by atoms with van der Waals surface area (Å²) in [5, 5.41) is 6.42. The summed E-state index contributed by atoms with van der Waals surface area (Å²) in [6.07, 6.45) is 2.81. The van der Waals surface area contributed by atoms with Gasteiger partial charge in [-0.25, -0.2) is 4.79 Å². The zero-order valence-corrected chi connectivity index (χ0v) is 23.1. The number of aryl methyl sites for hydroxylation is 1. The fraction of sp³-hybridized carbons (Fsp3) is 0.680. The van der Waals surface area contributed by atoms with Crippen molar-refractivity contribution >= 4 is 36.0 Å². The molecule has 3 unspecified atom stereocenters. The Morgan fingerprint density at radius 3 is 2.64 bits per heavy atom. The Kier molecular flexibility index (Phi) is 10.7. The van der Waals surface area contributed by atoms with Gasteiger partial charge in [0, 0.05) is 38.7 Å². The quantitative estimate of drug-likeness (QED) is 0.306. The number of nitrogens with one attached hydrogen (secondary N) is 2. The van der Waals surface area contributed by atoms with Gasteiger partial charge in [0.2, 0.25) is 0 Å². The van der Waals surface area contributed by atoms with Crippen LogP contribution < -0.4 is 10.6 Å². The highest BCUT2D eigenvalue weighted by atomic mass is 127. The molecule has 2 N–H and O–H groups in total. The Balaban J connectivity index is 0.00000385. The standard InChI is InChI=1S/C25H40N4O3.HI/c1-6-26-23(29-14-13-21(17-29)28-24(30)32-25(3,4)5)27-16-20-8-7-15-31-22(20)19-11-9-18(2)10-12-19;/h9-12,20-22H,6-8,13-17H2,1-5H3,(H,26,27)(H,28,30);1H. The van der Waals surface area contributed by atoms with Crippen LogP contribution in [0, 0.1) is 12.8 Å². The largest absolute Gasteiger partial charge is 0.444 e. The van der Waals surface area contributed by atoms with Crippen molar-refractivity contribution in [1.82, 2.24) is 15.5 Å². The van der Waals surface area contributed by atoms with Gasteiger partial charge >= 0.3 is 6.09 Å². The second kappa shape index (κ2) is 12.8. The maximum absolute atomic E-state index is 12.1. The molecule has 1 aromatic carbocycles. The van der Waals surface area contributed by atoms with Crippen molar-refractivity contribution in [2.45, 2.75) is 71.6 Å². The van der Waals surface area contributed by atoms with E-state index < -0.39 is 5.60 Å². The van der Waals surface area contributed by atoms with Gasteiger partial charge in [0.05, 0.1) is 12.1 Å². The Morgan fingerprint density at radius 1 is 1.24 bits per heavy atom. The monoisotopic (exact) mass is 572 g/mol. The second-order valence-corrected chi connectivity index (χ2v) is 9.88. The molecule has 0 saturated carbocycles. The number of likely N-dealkylation sites (tertiary alicyclic amines) is 1. The van der Waals surface area contributed by atoms with Crippen molar-refractivity contribution in [2.75, 3.05) is 32.8 Å². The van der Waals surface area contributed by atoms with Crippen LogP contribution in [-0.2, 0) is 9.47 Å². The van der Waals surface area contributed by atoms with Crippen LogP contribution >= 0.6 is 24.0 Å². The molecule has 2 aliphatic heterocycles. The minimum Gasteiger partial charge on any atom is -0.444 e. The number of hydrogen-bond acceptors (Lipinski definition) is 4. The molecule has 2 aliphatic rings. The van der Waals surface area contributed by atoms with E-state index in [-0.39, 0.29) is 42.2 Å². The molecule has 2 fully saturated rings. The van der Waals surface area contributed by atoms with E-state index in [1.807, 2.05) is 20.8 Å². The summed E-state index contributed by atoms with van der Waals surface area (Å²) in [5.41, 5.74) is 2.01. The van der Waals surface area contributed by atoms with Crippen LogP contribution in [0.1, 0.15) is 64.2 Å². The average molecular weight is 573 g/mol. The molecule has 0 spiro atoms. The SMILES string of the molecule is CCNC(=NCC1CCCOC1c1ccc(C)cc1)N1CCC(NC(=O)OC(C)(C)C)C1.I. The first-order chi connectivity index (χ1) is 15.2. The lowest BCUT2D eigenvalue weighted by Gasteiger charge is -2.32. The number of rotatable bonds is 5. The number of ether oxygens (including phenoxy) is 2. The normalized spacial score (nSPS) is 23.6. The van der Waals surface area contributed by atoms with E-state index in [0.29, 0.717) is 5.92 Å². The minimum atomic E-state index is -0.491. The summed E-state index contributed by atoms with van der Waals surface area (Å²) >= 11 is 0. The Hall–Kier alpha value is -1.55. The first kappa shape index (κ1) is 27.7. The van der Waals surface area contributed by atoms with Crippen LogP contribution in [-0.4, -0.2) is 61.4 Å². The highest BCUT2D eigenvalue weighted by Gasteiger charge is 2.30. The van der Waals surface area contributed by atoms with Crippen molar-refractivity contribution in [1.29, 1.82) is 0 Å². The van der Waals surface area contributed by atoms with Gasteiger partial charge in [-0.2, -0.15) is 0 Å². The third-order valence-electron chi connectivity index (χ3n) is 5.87. The highest BCUT2D eigenvalue weighted by molar-refractivity contribution is 14.0. The fourth-order valence-corrected chi connectivity index (χ4v) is 4.33. The summed E-state index contributed by atoms with van der Waals surface area (Å²) in [7, 11) is 0. The van der Waals surface area contributed by atoms with Gasteiger partial charge in [0.15, 0.2) is 5.96 Å². The molecule has 8 heteroatoms. The number of carbonyl (C=O) groups is 1. The van der Waals surface area contributed by atoms with Gasteiger partial charge in [-0.05, 0) is 59.4 Å². The number of carbonyl (C=O) groups excluding carboxylic acids is 1. The number of aliphatic imine (C=N–C) groups is 1. The number of hydrogen-bond donors (Lipinski definition) is 2. The Morgan fingerprint density at radius 2 is 1.97 bits per heavy atom. The smallest absolute Gasteiger partial charge is 0.407 e. The summed E-state index contributed by atoms with van der Waals surface area (Å²) in [4.78, 5) is 19.4. The van der Waals surface area contributed by atoms with E-state index in [1.54, 1.807) is 0 Å². The van der Waals surface area contributed by atoms with E-state index >= 15 is 0 Å². The van der Waals surface area contributed by atoms with Crippen LogP contribution in [0.15, 0.2) is 29.3 Å². The predicted molar refractivity (Wildman–Crippen MR) is 143 cm³/mol. The van der Waals surface area contributed by atoms with Crippen molar-refractivity contribution < 1.29 is 14.3 Å². The zero-order chi connectivity index (χ0) is 23.1. The van der Waals surface area contributed by atoms with E-state index in [1.165, 1.54) is 11.1 Å². The molecule has 33 heavy (non-hydrogen) atoms. The Bertz CT molecular complexity index is 779. The predicted octanol–water partition coefficient (Wildman–Crippen LogP) is 4.65. The van der Waals surface area contributed by atoms with Crippen LogP contribution in [0.2, 0.25) is 0 Å². The van der Waals surface area contributed by atoms with Gasteiger partial charge in [0.25, 0.3) is 0 Å². The van der Waals surface area contributed by atoms with Crippen molar-refractivity contribution in [3.05, 3.63) is 35.4 Å². The Labute approximate surface area is 216 Å². The van der Waals surface area contributed by atoms with Crippen LogP contribution in [0.4, 0.5) is 4.79 Å². The molecule has 0 bridgehead atoms. The fourth-order valence-electron chi connectivity index (χ4n) is 4.33. The molecular formula is C25H41IN4O3. The maximum atomic E-state index is 12.1. The molecule has 3 rings (SSSR count). The maximum Gasteiger partial charge on any atom is 0.407 e. The molecule has 0 radical (unpaired) electrons. The van der Waals surface area contributed by atoms with Gasteiger partial charge < -0.3 is 25.0 Å². The number of amides is 1. The van der Waals surface area contributed by atoms with Crippen LogP contribution in [0.25, 0.3) is 0 Å². The number of alkyl carbamates (subject to hydrolysis) is 1. The van der Waals surface area contributed by atoms with Gasteiger partial charge in [-0.15, -0.1) is 24.0 Å². The molecule has 1 amide bonds. The average Bonchev–Trinajstić information content (AvgIpc) is 3.18. The van der Waals surface area contributed by atoms with E-state index in [0.717, 1.165) is 58.0 Å². The molecule has 3 atom stereocenters. The lowest BCUT2D eigenvalue weighted by Crippen LogP contribution is -2.44. The van der Waals surface area contributed by atoms with Crippen molar-refractivity contribution in [3.8, 4) is 0 Å². The topological polar surface area (TPSA) is 75.2 Å². The van der Waals surface area contributed by atoms with Gasteiger partial charge in [-0.1, -0.05) is 29.8 Å². The van der Waals surface area contributed by atoms with Gasteiger partial charge in [0.1, 0.15) is 5.60 Å². The molecular weight excluding hydrogens is 531 g/mol. The second-order valence-electron chi connectivity index (χ2n) is 9.88. The van der Waals surface area contributed by atoms with Gasteiger partial charge in [-0.3, -0.25) is 4.99 Å². The minimum absolute atomic E-state index is 0. The zero-order valence-electron chi connectivity index (χ0n) is 20.7. The lowest BCUT2D eigenvalue weighted by atomic mass is 9.89. The molecule has 2 saturated heterocycles. The molecule has 7 nitrogen and oxygen atoms in total. The summed E-state index contributed by atoms with van der Waals surface area (Å²) in [5.74, 6) is 1.27. The highest BCUT2D eigenvalue weighted by Crippen LogP contribution is 2.34. The third kappa shape index (κ3) is 8.63. The van der Waals surface area contributed by atoms with Crippen molar-refractivity contribution in [3.63, 3.8) is 0 Å². The van der Waals surface area contributed by atoms with E-state index in [4.69, 9.17) is 14.5 Å². The summed E-state index contributed by atoms with van der Waals surface area (Å²) in [6.45, 7) is 13.7. The molecule has 186 valence electrons. The van der Waals surface area contributed by atoms with Crippen LogP contribution in [0.3, 0.4) is 0 Å². The lowest BCUT2D eigenvalue weighted by molar-refractivity contribution is -0.0250. The molecule has 0 aromatic heterocycles. The van der Waals surface area contributed by atoms with E-state index in [2.05, 4.69) is 53.6 Å². The van der Waals surface area contributed by atoms with Crippen LogP contribution in [0.5, 0.6) is 0 Å². The number of benzene rings is 1. The third-order valence-corrected chi connectivity index (χ3v) is 5.87. The summed E-state index contributed by atoms with van der Waals surface area (Å²) in [6, 6.07) is 8.73. The molecule has 1 aromatic rings.